The molecule has 0 unspecified atom stereocenters. The minimum Gasteiger partial charge on any atom is -0.478 e. The number of rotatable bonds is 3. The van der Waals surface area contributed by atoms with Gasteiger partial charge in [-0.05, 0) is 36.6 Å². The standard InChI is InChI=1S/C14H12N2O2S/c1-9-15-12-5-4-10(14(17)18)7-13(12)16(9)8-11-3-2-6-19-11/h2-7H,8H2,1H3,(H,17,18). The summed E-state index contributed by atoms with van der Waals surface area (Å²) in [5.74, 6) is -0.0191. The second kappa shape index (κ2) is 4.51. The molecule has 0 aliphatic rings. The Labute approximate surface area is 113 Å². The van der Waals surface area contributed by atoms with E-state index in [9.17, 15) is 4.79 Å². The Hall–Kier alpha value is -2.14. The number of benzene rings is 1. The topological polar surface area (TPSA) is 55.1 Å². The summed E-state index contributed by atoms with van der Waals surface area (Å²) in [6, 6.07) is 9.11. The average molecular weight is 272 g/mol. The van der Waals surface area contributed by atoms with Crippen LogP contribution >= 0.6 is 11.3 Å². The number of aromatic carboxylic acids is 1. The van der Waals surface area contributed by atoms with Gasteiger partial charge in [-0.3, -0.25) is 0 Å². The van der Waals surface area contributed by atoms with E-state index in [4.69, 9.17) is 5.11 Å². The quantitative estimate of drug-likeness (QED) is 0.796. The van der Waals surface area contributed by atoms with Crippen molar-refractivity contribution in [3.63, 3.8) is 0 Å². The van der Waals surface area contributed by atoms with Crippen LogP contribution in [0.25, 0.3) is 11.0 Å². The lowest BCUT2D eigenvalue weighted by atomic mass is 10.2. The molecule has 3 aromatic rings. The van der Waals surface area contributed by atoms with Gasteiger partial charge >= 0.3 is 5.97 Å². The molecule has 0 bridgehead atoms. The van der Waals surface area contributed by atoms with Crippen LogP contribution in [0.1, 0.15) is 21.1 Å². The molecule has 0 fully saturated rings. The monoisotopic (exact) mass is 272 g/mol. The van der Waals surface area contributed by atoms with Crippen LogP contribution in [-0.2, 0) is 6.54 Å². The summed E-state index contributed by atoms with van der Waals surface area (Å²) < 4.78 is 2.05. The molecule has 5 heteroatoms. The molecule has 0 saturated heterocycles. The van der Waals surface area contributed by atoms with E-state index in [2.05, 4.69) is 11.1 Å². The van der Waals surface area contributed by atoms with Crippen molar-refractivity contribution < 1.29 is 9.90 Å². The van der Waals surface area contributed by atoms with Crippen molar-refractivity contribution in [2.75, 3.05) is 0 Å². The van der Waals surface area contributed by atoms with Crippen LogP contribution in [0.3, 0.4) is 0 Å². The van der Waals surface area contributed by atoms with Crippen molar-refractivity contribution in [1.82, 2.24) is 9.55 Å². The van der Waals surface area contributed by atoms with Crippen molar-refractivity contribution in [1.29, 1.82) is 0 Å². The van der Waals surface area contributed by atoms with Gasteiger partial charge in [-0.25, -0.2) is 9.78 Å². The van der Waals surface area contributed by atoms with E-state index in [0.29, 0.717) is 5.56 Å². The van der Waals surface area contributed by atoms with Crippen molar-refractivity contribution in [2.24, 2.45) is 0 Å². The first-order valence-electron chi connectivity index (χ1n) is 5.88. The number of fused-ring (bicyclic) bond motifs is 1. The lowest BCUT2D eigenvalue weighted by Crippen LogP contribution is -2.01. The molecule has 1 aromatic carbocycles. The van der Waals surface area contributed by atoms with E-state index >= 15 is 0 Å². The van der Waals surface area contributed by atoms with E-state index in [1.165, 1.54) is 4.88 Å². The van der Waals surface area contributed by atoms with Crippen molar-refractivity contribution in [3.8, 4) is 0 Å². The van der Waals surface area contributed by atoms with Gasteiger partial charge < -0.3 is 9.67 Å². The SMILES string of the molecule is Cc1nc2ccc(C(=O)O)cc2n1Cc1cccs1. The van der Waals surface area contributed by atoms with Crippen LogP contribution in [0.4, 0.5) is 0 Å². The predicted molar refractivity (Wildman–Crippen MR) is 74.9 cm³/mol. The fraction of sp³-hybridized carbons (Fsp3) is 0.143. The molecule has 2 heterocycles. The molecule has 1 N–H and O–H groups in total. The molecule has 0 aliphatic heterocycles. The molecule has 0 spiro atoms. The number of hydrogen-bond acceptors (Lipinski definition) is 3. The van der Waals surface area contributed by atoms with Gasteiger partial charge in [0.1, 0.15) is 5.82 Å². The third-order valence-corrected chi connectivity index (χ3v) is 3.94. The molecule has 0 saturated carbocycles. The Kier molecular flexibility index (Phi) is 2.83. The maximum atomic E-state index is 11.1. The summed E-state index contributed by atoms with van der Waals surface area (Å²) in [6.45, 7) is 2.66. The Morgan fingerprint density at radius 1 is 1.42 bits per heavy atom. The van der Waals surface area contributed by atoms with Gasteiger partial charge in [-0.1, -0.05) is 6.07 Å². The Morgan fingerprint density at radius 2 is 2.26 bits per heavy atom. The number of aromatic nitrogens is 2. The van der Waals surface area contributed by atoms with Crippen LogP contribution in [0, 0.1) is 6.92 Å². The Morgan fingerprint density at radius 3 is 2.95 bits per heavy atom. The first kappa shape index (κ1) is 11.9. The molecule has 4 nitrogen and oxygen atoms in total. The Balaban J connectivity index is 2.14. The summed E-state index contributed by atoms with van der Waals surface area (Å²) in [7, 11) is 0. The highest BCUT2D eigenvalue weighted by atomic mass is 32.1. The van der Waals surface area contributed by atoms with E-state index in [1.54, 1.807) is 29.5 Å². The third kappa shape index (κ3) is 2.13. The molecule has 19 heavy (non-hydrogen) atoms. The number of carbonyl (C=O) groups is 1. The smallest absolute Gasteiger partial charge is 0.335 e. The summed E-state index contributed by atoms with van der Waals surface area (Å²) in [6.07, 6.45) is 0. The van der Waals surface area contributed by atoms with E-state index in [1.807, 2.05) is 22.9 Å². The molecule has 3 rings (SSSR count). The largest absolute Gasteiger partial charge is 0.478 e. The number of hydrogen-bond donors (Lipinski definition) is 1. The second-order valence-electron chi connectivity index (χ2n) is 4.33. The van der Waals surface area contributed by atoms with E-state index < -0.39 is 5.97 Å². The number of carboxylic acids is 1. The van der Waals surface area contributed by atoms with E-state index in [0.717, 1.165) is 23.4 Å². The van der Waals surface area contributed by atoms with Crippen molar-refractivity contribution >= 4 is 28.3 Å². The zero-order valence-electron chi connectivity index (χ0n) is 10.3. The molecule has 0 radical (unpaired) electrons. The number of carboxylic acid groups (broad SMARTS) is 1. The van der Waals surface area contributed by atoms with Crippen molar-refractivity contribution in [3.05, 3.63) is 52.0 Å². The molecule has 0 atom stereocenters. The second-order valence-corrected chi connectivity index (χ2v) is 5.37. The van der Waals surface area contributed by atoms with Gasteiger partial charge in [0.25, 0.3) is 0 Å². The van der Waals surface area contributed by atoms with Crippen molar-refractivity contribution in [2.45, 2.75) is 13.5 Å². The lowest BCUT2D eigenvalue weighted by molar-refractivity contribution is 0.0697. The molecule has 96 valence electrons. The highest BCUT2D eigenvalue weighted by Crippen LogP contribution is 2.21. The zero-order chi connectivity index (χ0) is 13.4. The molecule has 2 aromatic heterocycles. The highest BCUT2D eigenvalue weighted by Gasteiger charge is 2.11. The molecular weight excluding hydrogens is 260 g/mol. The molecular formula is C14H12N2O2S. The average Bonchev–Trinajstić information content (AvgIpc) is 2.98. The number of thiophene rings is 1. The summed E-state index contributed by atoms with van der Waals surface area (Å²) >= 11 is 1.68. The van der Waals surface area contributed by atoms with Gasteiger partial charge in [-0.15, -0.1) is 11.3 Å². The molecule has 0 aliphatic carbocycles. The van der Waals surface area contributed by atoms with Crippen LogP contribution in [0.5, 0.6) is 0 Å². The first-order chi connectivity index (χ1) is 9.15. The number of imidazole rings is 1. The Bertz CT molecular complexity index is 744. The minimum absolute atomic E-state index is 0.292. The lowest BCUT2D eigenvalue weighted by Gasteiger charge is -2.05. The summed E-state index contributed by atoms with van der Waals surface area (Å²) in [5, 5.41) is 11.1. The number of aryl methyl sites for hydroxylation is 1. The first-order valence-corrected chi connectivity index (χ1v) is 6.75. The normalized spacial score (nSPS) is 11.0. The van der Waals surface area contributed by atoms with Crippen LogP contribution < -0.4 is 0 Å². The number of nitrogens with zero attached hydrogens (tertiary/aromatic N) is 2. The maximum Gasteiger partial charge on any atom is 0.335 e. The zero-order valence-corrected chi connectivity index (χ0v) is 11.1. The van der Waals surface area contributed by atoms with Gasteiger partial charge in [0.15, 0.2) is 0 Å². The van der Waals surface area contributed by atoms with Crippen LogP contribution in [0.15, 0.2) is 35.7 Å². The van der Waals surface area contributed by atoms with Gasteiger partial charge in [0.05, 0.1) is 23.1 Å². The van der Waals surface area contributed by atoms with Crippen LogP contribution in [-0.4, -0.2) is 20.6 Å². The van der Waals surface area contributed by atoms with Gasteiger partial charge in [0, 0.05) is 4.88 Å². The summed E-state index contributed by atoms with van der Waals surface area (Å²) in [4.78, 5) is 16.7. The summed E-state index contributed by atoms with van der Waals surface area (Å²) in [5.41, 5.74) is 1.99. The molecule has 0 amide bonds. The highest BCUT2D eigenvalue weighted by molar-refractivity contribution is 7.09. The van der Waals surface area contributed by atoms with Gasteiger partial charge in [0.2, 0.25) is 0 Å². The van der Waals surface area contributed by atoms with Gasteiger partial charge in [-0.2, -0.15) is 0 Å². The minimum atomic E-state index is -0.913. The third-order valence-electron chi connectivity index (χ3n) is 3.08. The fourth-order valence-corrected chi connectivity index (χ4v) is 2.83. The van der Waals surface area contributed by atoms with E-state index in [-0.39, 0.29) is 0 Å². The van der Waals surface area contributed by atoms with Crippen LogP contribution in [0.2, 0.25) is 0 Å². The maximum absolute atomic E-state index is 11.1. The predicted octanol–water partition coefficient (Wildman–Crippen LogP) is 3.15. The fourth-order valence-electron chi connectivity index (χ4n) is 2.13.